The Labute approximate surface area is 111 Å². The van der Waals surface area contributed by atoms with E-state index in [1.165, 1.54) is 6.07 Å². The van der Waals surface area contributed by atoms with Crippen LogP contribution < -0.4 is 11.1 Å². The quantitative estimate of drug-likeness (QED) is 0.883. The molecule has 2 aromatic rings. The van der Waals surface area contributed by atoms with Gasteiger partial charge in [0.05, 0.1) is 10.7 Å². The molecule has 2 nitrogen and oxygen atoms in total. The van der Waals surface area contributed by atoms with E-state index in [4.69, 9.17) is 17.3 Å². The SMILES string of the molecule is NCCc1c(F)cccc1Nc1ccccc1Cl. The molecule has 18 heavy (non-hydrogen) atoms. The van der Waals surface area contributed by atoms with Gasteiger partial charge in [0.25, 0.3) is 0 Å². The van der Waals surface area contributed by atoms with Crippen LogP contribution in [0.2, 0.25) is 5.02 Å². The number of anilines is 2. The number of hydrogen-bond acceptors (Lipinski definition) is 2. The summed E-state index contributed by atoms with van der Waals surface area (Å²) in [6, 6.07) is 12.3. The fraction of sp³-hybridized carbons (Fsp3) is 0.143. The largest absolute Gasteiger partial charge is 0.354 e. The molecule has 0 heterocycles. The molecular formula is C14H14ClFN2. The van der Waals surface area contributed by atoms with Gasteiger partial charge in [0, 0.05) is 11.3 Å². The number of hydrogen-bond donors (Lipinski definition) is 2. The van der Waals surface area contributed by atoms with Gasteiger partial charge >= 0.3 is 0 Å². The minimum absolute atomic E-state index is 0.252. The van der Waals surface area contributed by atoms with E-state index in [1.54, 1.807) is 12.1 Å². The maximum absolute atomic E-state index is 13.7. The van der Waals surface area contributed by atoms with E-state index in [2.05, 4.69) is 5.32 Å². The average molecular weight is 265 g/mol. The molecule has 94 valence electrons. The Hall–Kier alpha value is -1.58. The summed E-state index contributed by atoms with van der Waals surface area (Å²) in [6.45, 7) is 0.401. The second-order valence-corrected chi connectivity index (χ2v) is 4.32. The van der Waals surface area contributed by atoms with Crippen LogP contribution in [-0.4, -0.2) is 6.54 Å². The zero-order chi connectivity index (χ0) is 13.0. The van der Waals surface area contributed by atoms with Crippen molar-refractivity contribution >= 4 is 23.0 Å². The molecule has 0 aliphatic carbocycles. The molecular weight excluding hydrogens is 251 g/mol. The van der Waals surface area contributed by atoms with Gasteiger partial charge in [0.2, 0.25) is 0 Å². The number of nitrogens with one attached hydrogen (secondary N) is 1. The van der Waals surface area contributed by atoms with Gasteiger partial charge in [-0.3, -0.25) is 0 Å². The molecule has 0 aliphatic rings. The van der Waals surface area contributed by atoms with Crippen molar-refractivity contribution < 1.29 is 4.39 Å². The van der Waals surface area contributed by atoms with Crippen molar-refractivity contribution in [2.45, 2.75) is 6.42 Å². The smallest absolute Gasteiger partial charge is 0.128 e. The number of nitrogens with two attached hydrogens (primary N) is 1. The Morgan fingerprint density at radius 3 is 2.50 bits per heavy atom. The second-order valence-electron chi connectivity index (χ2n) is 3.91. The lowest BCUT2D eigenvalue weighted by Crippen LogP contribution is -2.07. The minimum Gasteiger partial charge on any atom is -0.354 e. The van der Waals surface area contributed by atoms with Crippen molar-refractivity contribution in [2.24, 2.45) is 5.73 Å². The zero-order valence-corrected chi connectivity index (χ0v) is 10.5. The normalized spacial score (nSPS) is 10.4. The Bertz CT molecular complexity index is 543. The predicted molar refractivity (Wildman–Crippen MR) is 73.9 cm³/mol. The van der Waals surface area contributed by atoms with Crippen LogP contribution in [0.25, 0.3) is 0 Å². The van der Waals surface area contributed by atoms with Gasteiger partial charge in [-0.2, -0.15) is 0 Å². The van der Waals surface area contributed by atoms with E-state index in [1.807, 2.05) is 24.3 Å². The van der Waals surface area contributed by atoms with Gasteiger partial charge in [0.15, 0.2) is 0 Å². The van der Waals surface area contributed by atoms with Crippen LogP contribution in [-0.2, 0) is 6.42 Å². The first kappa shape index (κ1) is 12.9. The van der Waals surface area contributed by atoms with Crippen molar-refractivity contribution in [1.29, 1.82) is 0 Å². The highest BCUT2D eigenvalue weighted by atomic mass is 35.5. The van der Waals surface area contributed by atoms with Crippen LogP contribution in [0.4, 0.5) is 15.8 Å². The first-order valence-corrected chi connectivity index (χ1v) is 6.09. The van der Waals surface area contributed by atoms with Gasteiger partial charge in [-0.1, -0.05) is 29.8 Å². The molecule has 0 saturated heterocycles. The molecule has 4 heteroatoms. The van der Waals surface area contributed by atoms with Crippen molar-refractivity contribution in [2.75, 3.05) is 11.9 Å². The van der Waals surface area contributed by atoms with Gasteiger partial charge in [-0.05, 0) is 37.2 Å². The second kappa shape index (κ2) is 5.85. The molecule has 0 unspecified atom stereocenters. The standard InChI is InChI=1S/C14H14ClFN2/c15-11-4-1-2-6-14(11)18-13-7-3-5-12(16)10(13)8-9-17/h1-7,18H,8-9,17H2. The Kier molecular flexibility index (Phi) is 4.18. The van der Waals surface area contributed by atoms with Crippen molar-refractivity contribution in [3.8, 4) is 0 Å². The summed E-state index contributed by atoms with van der Waals surface area (Å²) >= 11 is 6.06. The molecule has 0 fully saturated rings. The Morgan fingerprint density at radius 1 is 1.06 bits per heavy atom. The Balaban J connectivity index is 2.34. The third-order valence-electron chi connectivity index (χ3n) is 2.66. The molecule has 0 atom stereocenters. The molecule has 3 N–H and O–H groups in total. The lowest BCUT2D eigenvalue weighted by atomic mass is 10.1. The molecule has 0 amide bonds. The van der Waals surface area contributed by atoms with Crippen molar-refractivity contribution in [1.82, 2.24) is 0 Å². The number of benzene rings is 2. The highest BCUT2D eigenvalue weighted by molar-refractivity contribution is 6.33. The highest BCUT2D eigenvalue weighted by Gasteiger charge is 2.08. The molecule has 0 aromatic heterocycles. The summed E-state index contributed by atoms with van der Waals surface area (Å²) in [5.41, 5.74) is 7.54. The van der Waals surface area contributed by atoms with Crippen LogP contribution in [0.1, 0.15) is 5.56 Å². The topological polar surface area (TPSA) is 38.0 Å². The molecule has 0 bridgehead atoms. The summed E-state index contributed by atoms with van der Waals surface area (Å²) in [7, 11) is 0. The maximum atomic E-state index is 13.7. The van der Waals surface area contributed by atoms with Gasteiger partial charge in [-0.25, -0.2) is 4.39 Å². The Morgan fingerprint density at radius 2 is 1.78 bits per heavy atom. The van der Waals surface area contributed by atoms with E-state index in [-0.39, 0.29) is 5.82 Å². The number of para-hydroxylation sites is 1. The summed E-state index contributed by atoms with van der Waals surface area (Å²) in [5, 5.41) is 3.74. The monoisotopic (exact) mass is 264 g/mol. The molecule has 0 saturated carbocycles. The first-order chi connectivity index (χ1) is 8.72. The van der Waals surface area contributed by atoms with Crippen LogP contribution in [0.15, 0.2) is 42.5 Å². The molecule has 0 radical (unpaired) electrons. The third kappa shape index (κ3) is 2.81. The summed E-state index contributed by atoms with van der Waals surface area (Å²) in [5.74, 6) is -0.252. The van der Waals surface area contributed by atoms with Crippen LogP contribution in [0, 0.1) is 5.82 Å². The fourth-order valence-electron chi connectivity index (χ4n) is 1.78. The van der Waals surface area contributed by atoms with E-state index in [9.17, 15) is 4.39 Å². The fourth-order valence-corrected chi connectivity index (χ4v) is 1.96. The van der Waals surface area contributed by atoms with Gasteiger partial charge in [-0.15, -0.1) is 0 Å². The maximum Gasteiger partial charge on any atom is 0.128 e. The lowest BCUT2D eigenvalue weighted by molar-refractivity contribution is 0.610. The van der Waals surface area contributed by atoms with E-state index < -0.39 is 0 Å². The third-order valence-corrected chi connectivity index (χ3v) is 2.99. The van der Waals surface area contributed by atoms with Gasteiger partial charge < -0.3 is 11.1 Å². The van der Waals surface area contributed by atoms with Crippen molar-refractivity contribution in [3.63, 3.8) is 0 Å². The zero-order valence-electron chi connectivity index (χ0n) is 9.79. The summed E-state index contributed by atoms with van der Waals surface area (Å²) < 4.78 is 13.7. The summed E-state index contributed by atoms with van der Waals surface area (Å²) in [4.78, 5) is 0. The van der Waals surface area contributed by atoms with Crippen LogP contribution in [0.5, 0.6) is 0 Å². The molecule has 2 aromatic carbocycles. The molecule has 0 aliphatic heterocycles. The first-order valence-electron chi connectivity index (χ1n) is 5.71. The number of halogens is 2. The van der Waals surface area contributed by atoms with E-state index in [0.717, 1.165) is 5.69 Å². The summed E-state index contributed by atoms with van der Waals surface area (Å²) in [6.07, 6.45) is 0.486. The average Bonchev–Trinajstić information content (AvgIpc) is 2.36. The lowest BCUT2D eigenvalue weighted by Gasteiger charge is -2.13. The molecule has 2 rings (SSSR count). The van der Waals surface area contributed by atoms with E-state index in [0.29, 0.717) is 29.2 Å². The highest BCUT2D eigenvalue weighted by Crippen LogP contribution is 2.28. The molecule has 0 spiro atoms. The van der Waals surface area contributed by atoms with Crippen LogP contribution >= 0.6 is 11.6 Å². The van der Waals surface area contributed by atoms with Gasteiger partial charge in [0.1, 0.15) is 5.82 Å². The van der Waals surface area contributed by atoms with Crippen LogP contribution in [0.3, 0.4) is 0 Å². The minimum atomic E-state index is -0.252. The van der Waals surface area contributed by atoms with E-state index >= 15 is 0 Å². The predicted octanol–water partition coefficient (Wildman–Crippen LogP) is 3.72. The van der Waals surface area contributed by atoms with Crippen molar-refractivity contribution in [3.05, 3.63) is 58.9 Å². The number of rotatable bonds is 4.